The predicted octanol–water partition coefficient (Wildman–Crippen LogP) is 2.15. The van der Waals surface area contributed by atoms with Crippen LogP contribution in [0.15, 0.2) is 59.0 Å². The summed E-state index contributed by atoms with van der Waals surface area (Å²) < 4.78 is 5.46. The highest BCUT2D eigenvalue weighted by Crippen LogP contribution is 2.39. The van der Waals surface area contributed by atoms with E-state index < -0.39 is 0 Å². The third kappa shape index (κ3) is 1.90. The van der Waals surface area contributed by atoms with Gasteiger partial charge in [-0.15, -0.1) is 0 Å². The Kier molecular flexibility index (Phi) is 2.99. The van der Waals surface area contributed by atoms with Gasteiger partial charge in [0.15, 0.2) is 0 Å². The number of benzene rings is 1. The molecule has 2 unspecified atom stereocenters. The number of fused-ring (bicyclic) bond motifs is 1. The fraction of sp³-hybridized carbons (Fsp3) is 0.222. The fourth-order valence-corrected chi connectivity index (χ4v) is 3.46. The third-order valence-electron chi connectivity index (χ3n) is 4.62. The van der Waals surface area contributed by atoms with Gasteiger partial charge in [0.05, 0.1) is 11.7 Å². The molecule has 5 nitrogen and oxygen atoms in total. The van der Waals surface area contributed by atoms with Gasteiger partial charge in [-0.2, -0.15) is 0 Å². The van der Waals surface area contributed by atoms with E-state index in [2.05, 4.69) is 10.6 Å². The average molecular weight is 308 g/mol. The van der Waals surface area contributed by atoms with Crippen LogP contribution in [0.3, 0.4) is 0 Å². The molecule has 0 bridgehead atoms. The molecule has 3 aliphatic rings. The van der Waals surface area contributed by atoms with Crippen LogP contribution in [0.25, 0.3) is 0 Å². The van der Waals surface area contributed by atoms with Crippen molar-refractivity contribution >= 4 is 17.4 Å². The van der Waals surface area contributed by atoms with E-state index in [1.807, 2.05) is 37.3 Å². The van der Waals surface area contributed by atoms with Crippen molar-refractivity contribution in [2.24, 2.45) is 5.92 Å². The van der Waals surface area contributed by atoms with Gasteiger partial charge in [-0.3, -0.25) is 9.59 Å². The van der Waals surface area contributed by atoms with Crippen molar-refractivity contribution < 1.29 is 14.3 Å². The van der Waals surface area contributed by atoms with Crippen LogP contribution in [-0.2, 0) is 9.53 Å². The molecule has 2 heterocycles. The number of nitrogens with one attached hydrogen (secondary N) is 2. The highest BCUT2D eigenvalue weighted by Gasteiger charge is 2.40. The Bertz CT molecular complexity index is 832. The number of rotatable bonds is 1. The van der Waals surface area contributed by atoms with Crippen molar-refractivity contribution in [3.8, 4) is 0 Å². The van der Waals surface area contributed by atoms with E-state index >= 15 is 0 Å². The van der Waals surface area contributed by atoms with E-state index in [9.17, 15) is 9.59 Å². The summed E-state index contributed by atoms with van der Waals surface area (Å²) in [5, 5.41) is 5.97. The molecular formula is C18H16N2O3. The number of carbonyl (C=O) groups is 2. The molecule has 4 rings (SSSR count). The van der Waals surface area contributed by atoms with Crippen LogP contribution in [0.5, 0.6) is 0 Å². The minimum absolute atomic E-state index is 0.0141. The summed E-state index contributed by atoms with van der Waals surface area (Å²) in [4.78, 5) is 25.2. The van der Waals surface area contributed by atoms with Gasteiger partial charge in [0, 0.05) is 30.0 Å². The Morgan fingerprint density at radius 3 is 2.65 bits per heavy atom. The SMILES string of the molecule is COC1C=CC2=C(/C(=C3/Nc4ccccc4C3=O)C(=O)N2)C1C. The summed E-state index contributed by atoms with van der Waals surface area (Å²) in [6, 6.07) is 7.28. The van der Waals surface area contributed by atoms with Gasteiger partial charge in [-0.05, 0) is 23.8 Å². The molecule has 0 spiro atoms. The number of hydrogen-bond acceptors (Lipinski definition) is 4. The zero-order valence-corrected chi connectivity index (χ0v) is 12.8. The first-order valence-corrected chi connectivity index (χ1v) is 7.53. The monoisotopic (exact) mass is 308 g/mol. The second-order valence-electron chi connectivity index (χ2n) is 5.88. The van der Waals surface area contributed by atoms with Crippen molar-refractivity contribution in [3.63, 3.8) is 0 Å². The van der Waals surface area contributed by atoms with E-state index in [4.69, 9.17) is 4.74 Å². The molecule has 1 aromatic rings. The standard InChI is InChI=1S/C18H16N2O3/c1-9-13(23-2)8-7-12-14(9)15(18(22)20-12)16-17(21)10-5-3-4-6-11(10)19-16/h3-9,13,19H,1-2H3,(H,20,22)/b16-15-. The first kappa shape index (κ1) is 14.0. The van der Waals surface area contributed by atoms with Crippen molar-refractivity contribution in [3.05, 3.63) is 64.5 Å². The lowest BCUT2D eigenvalue weighted by Gasteiger charge is -2.25. The molecule has 0 fully saturated rings. The highest BCUT2D eigenvalue weighted by atomic mass is 16.5. The number of anilines is 1. The van der Waals surface area contributed by atoms with Gasteiger partial charge in [0.1, 0.15) is 5.70 Å². The van der Waals surface area contributed by atoms with Gasteiger partial charge >= 0.3 is 0 Å². The number of methoxy groups -OCH3 is 1. The maximum atomic E-state index is 12.7. The molecule has 0 saturated carbocycles. The predicted molar refractivity (Wildman–Crippen MR) is 85.7 cm³/mol. The molecule has 0 aromatic heterocycles. The molecule has 0 saturated heterocycles. The number of Topliss-reactive ketones (excluding diaryl/α,β-unsaturated/α-hetero) is 1. The van der Waals surface area contributed by atoms with E-state index in [1.165, 1.54) is 0 Å². The number of hydrogen-bond donors (Lipinski definition) is 2. The Balaban J connectivity index is 1.86. The van der Waals surface area contributed by atoms with Crippen molar-refractivity contribution in [2.45, 2.75) is 13.0 Å². The Labute approximate surface area is 133 Å². The quantitative estimate of drug-likeness (QED) is 0.780. The number of allylic oxidation sites excluding steroid dienone is 2. The second kappa shape index (κ2) is 4.93. The molecule has 0 radical (unpaired) electrons. The molecule has 1 amide bonds. The van der Waals surface area contributed by atoms with Crippen LogP contribution in [0.2, 0.25) is 0 Å². The average Bonchev–Trinajstić information content (AvgIpc) is 3.05. The van der Waals surface area contributed by atoms with Crippen molar-refractivity contribution in [2.75, 3.05) is 12.4 Å². The second-order valence-corrected chi connectivity index (χ2v) is 5.88. The van der Waals surface area contributed by atoms with Gasteiger partial charge < -0.3 is 15.4 Å². The van der Waals surface area contributed by atoms with Crippen LogP contribution in [0.4, 0.5) is 5.69 Å². The van der Waals surface area contributed by atoms with Gasteiger partial charge in [-0.1, -0.05) is 25.1 Å². The molecule has 116 valence electrons. The molecule has 2 atom stereocenters. The zero-order chi connectivity index (χ0) is 16.1. The molecule has 2 aliphatic heterocycles. The number of ether oxygens (including phenoxy) is 1. The lowest BCUT2D eigenvalue weighted by molar-refractivity contribution is -0.116. The first-order chi connectivity index (χ1) is 11.1. The van der Waals surface area contributed by atoms with E-state index in [-0.39, 0.29) is 23.7 Å². The Hall–Kier alpha value is -2.66. The fourth-order valence-electron chi connectivity index (χ4n) is 3.46. The van der Waals surface area contributed by atoms with Crippen molar-refractivity contribution in [1.29, 1.82) is 0 Å². The molecule has 1 aromatic carbocycles. The van der Waals surface area contributed by atoms with Crippen LogP contribution in [-0.4, -0.2) is 24.9 Å². The minimum atomic E-state index is -0.244. The number of amides is 1. The number of ketones is 1. The maximum absolute atomic E-state index is 12.7. The summed E-state index contributed by atoms with van der Waals surface area (Å²) in [5.74, 6) is -0.401. The lowest BCUT2D eigenvalue weighted by atomic mass is 9.85. The smallest absolute Gasteiger partial charge is 0.258 e. The third-order valence-corrected chi connectivity index (χ3v) is 4.62. The van der Waals surface area contributed by atoms with Crippen LogP contribution in [0.1, 0.15) is 17.3 Å². The van der Waals surface area contributed by atoms with E-state index in [1.54, 1.807) is 13.2 Å². The van der Waals surface area contributed by atoms with E-state index in [0.29, 0.717) is 16.8 Å². The molecule has 5 heteroatoms. The molecule has 23 heavy (non-hydrogen) atoms. The Morgan fingerprint density at radius 1 is 1.13 bits per heavy atom. The minimum Gasteiger partial charge on any atom is -0.377 e. The maximum Gasteiger partial charge on any atom is 0.258 e. The summed E-state index contributed by atoms with van der Waals surface area (Å²) in [7, 11) is 1.64. The zero-order valence-electron chi connectivity index (χ0n) is 12.8. The van der Waals surface area contributed by atoms with E-state index in [0.717, 1.165) is 17.0 Å². The Morgan fingerprint density at radius 2 is 1.91 bits per heavy atom. The van der Waals surface area contributed by atoms with Crippen LogP contribution in [0, 0.1) is 5.92 Å². The van der Waals surface area contributed by atoms with Crippen LogP contribution >= 0.6 is 0 Å². The van der Waals surface area contributed by atoms with Gasteiger partial charge in [-0.25, -0.2) is 0 Å². The number of carbonyl (C=O) groups excluding carboxylic acids is 2. The van der Waals surface area contributed by atoms with Crippen LogP contribution < -0.4 is 10.6 Å². The molecular weight excluding hydrogens is 292 g/mol. The van der Waals surface area contributed by atoms with Crippen molar-refractivity contribution in [1.82, 2.24) is 5.32 Å². The topological polar surface area (TPSA) is 67.4 Å². The summed E-state index contributed by atoms with van der Waals surface area (Å²) in [6.45, 7) is 2.00. The summed E-state index contributed by atoms with van der Waals surface area (Å²) >= 11 is 0. The highest BCUT2D eigenvalue weighted by molar-refractivity contribution is 6.23. The summed E-state index contributed by atoms with van der Waals surface area (Å²) in [6.07, 6.45) is 3.66. The summed E-state index contributed by atoms with van der Waals surface area (Å²) in [5.41, 5.74) is 3.71. The largest absolute Gasteiger partial charge is 0.377 e. The lowest BCUT2D eigenvalue weighted by Crippen LogP contribution is -2.24. The number of para-hydroxylation sites is 1. The molecule has 2 N–H and O–H groups in total. The van der Waals surface area contributed by atoms with Gasteiger partial charge in [0.2, 0.25) is 5.78 Å². The molecule has 1 aliphatic carbocycles. The van der Waals surface area contributed by atoms with Gasteiger partial charge in [0.25, 0.3) is 5.91 Å². The first-order valence-electron chi connectivity index (χ1n) is 7.53. The normalized spacial score (nSPS) is 28.6.